The van der Waals surface area contributed by atoms with Gasteiger partial charge >= 0.3 is 5.97 Å². The fourth-order valence-corrected chi connectivity index (χ4v) is 2.03. The molecule has 2 aliphatic rings. The molecule has 3 N–H and O–H groups in total. The van der Waals surface area contributed by atoms with Crippen LogP contribution in [0.25, 0.3) is 0 Å². The Hall–Kier alpha value is -1.18. The van der Waals surface area contributed by atoms with Crippen LogP contribution in [-0.2, 0) is 19.1 Å². The molecule has 0 radical (unpaired) electrons. The van der Waals surface area contributed by atoms with Gasteiger partial charge in [0.05, 0.1) is 19.8 Å². The molecule has 7 nitrogen and oxygen atoms in total. The number of rotatable bonds is 2. The lowest BCUT2D eigenvalue weighted by molar-refractivity contribution is -0.157. The summed E-state index contributed by atoms with van der Waals surface area (Å²) in [5.41, 5.74) is 4.37. The molecule has 1 amide bonds. The van der Waals surface area contributed by atoms with E-state index in [4.69, 9.17) is 20.3 Å². The van der Waals surface area contributed by atoms with Crippen LogP contribution in [0.1, 0.15) is 6.42 Å². The van der Waals surface area contributed by atoms with Gasteiger partial charge in [-0.05, 0) is 6.42 Å². The highest BCUT2D eigenvalue weighted by Crippen LogP contribution is 2.20. The minimum atomic E-state index is -1.33. The molecule has 0 spiro atoms. The number of nitrogens with zero attached hydrogens (tertiary/aromatic N) is 1. The zero-order valence-corrected chi connectivity index (χ0v) is 9.42. The first-order chi connectivity index (χ1) is 8.03. The number of amides is 1. The molecule has 2 fully saturated rings. The van der Waals surface area contributed by atoms with E-state index in [1.165, 1.54) is 4.90 Å². The number of carboxylic acid groups (broad SMARTS) is 1. The molecule has 0 aromatic heterocycles. The Morgan fingerprint density at radius 2 is 2.18 bits per heavy atom. The van der Waals surface area contributed by atoms with Crippen molar-refractivity contribution in [3.05, 3.63) is 0 Å². The lowest BCUT2D eigenvalue weighted by Gasteiger charge is -2.27. The quantitative estimate of drug-likeness (QED) is 0.607. The van der Waals surface area contributed by atoms with E-state index in [1.54, 1.807) is 0 Å². The maximum Gasteiger partial charge on any atom is 0.325 e. The molecule has 2 rings (SSSR count). The van der Waals surface area contributed by atoms with Crippen LogP contribution in [0.4, 0.5) is 0 Å². The molecule has 0 bridgehead atoms. The van der Waals surface area contributed by atoms with Gasteiger partial charge in [-0.15, -0.1) is 0 Å². The third-order valence-corrected chi connectivity index (χ3v) is 3.13. The Labute approximate surface area is 98.5 Å². The predicted octanol–water partition coefficient (Wildman–Crippen LogP) is -1.58. The van der Waals surface area contributed by atoms with Crippen molar-refractivity contribution in [3.8, 4) is 0 Å². The molecule has 2 aliphatic heterocycles. The van der Waals surface area contributed by atoms with Gasteiger partial charge in [0, 0.05) is 13.1 Å². The molecule has 0 aromatic rings. The standard InChI is InChI=1S/C10H16N2O5/c11-10(9(14)15)1-2-12(6-10)8(13)7-5-16-3-4-17-7/h7H,1-6,11H2,(H,14,15). The Bertz CT molecular complexity index is 329. The summed E-state index contributed by atoms with van der Waals surface area (Å²) in [6.07, 6.45) is -0.360. The van der Waals surface area contributed by atoms with Crippen LogP contribution in [0, 0.1) is 0 Å². The number of likely N-dealkylation sites (tertiary alicyclic amines) is 1. The first kappa shape index (κ1) is 12.3. The second-order valence-electron chi connectivity index (χ2n) is 4.41. The summed E-state index contributed by atoms with van der Waals surface area (Å²) < 4.78 is 10.4. The van der Waals surface area contributed by atoms with E-state index in [9.17, 15) is 9.59 Å². The van der Waals surface area contributed by atoms with Gasteiger partial charge in [-0.3, -0.25) is 9.59 Å². The number of carboxylic acids is 1. The normalized spacial score (nSPS) is 33.7. The number of hydrogen-bond acceptors (Lipinski definition) is 5. The van der Waals surface area contributed by atoms with Crippen molar-refractivity contribution in [1.82, 2.24) is 4.90 Å². The fraction of sp³-hybridized carbons (Fsp3) is 0.800. The van der Waals surface area contributed by atoms with Crippen LogP contribution in [0.5, 0.6) is 0 Å². The summed E-state index contributed by atoms with van der Waals surface area (Å²) in [7, 11) is 0. The van der Waals surface area contributed by atoms with Gasteiger partial charge in [0.2, 0.25) is 0 Å². The van der Waals surface area contributed by atoms with Crippen molar-refractivity contribution >= 4 is 11.9 Å². The van der Waals surface area contributed by atoms with Crippen LogP contribution < -0.4 is 5.73 Å². The maximum absolute atomic E-state index is 12.0. The molecular formula is C10H16N2O5. The molecule has 2 saturated heterocycles. The summed E-state index contributed by atoms with van der Waals surface area (Å²) >= 11 is 0. The lowest BCUT2D eigenvalue weighted by atomic mass is 10.0. The monoisotopic (exact) mass is 244 g/mol. The number of ether oxygens (including phenoxy) is 2. The van der Waals surface area contributed by atoms with E-state index >= 15 is 0 Å². The fourth-order valence-electron chi connectivity index (χ4n) is 2.03. The number of carbonyl (C=O) groups excluding carboxylic acids is 1. The van der Waals surface area contributed by atoms with Gasteiger partial charge in [-0.25, -0.2) is 0 Å². The van der Waals surface area contributed by atoms with Gasteiger partial charge in [-0.2, -0.15) is 0 Å². The molecule has 0 aliphatic carbocycles. The predicted molar refractivity (Wildman–Crippen MR) is 56.3 cm³/mol. The van der Waals surface area contributed by atoms with Crippen LogP contribution in [0.2, 0.25) is 0 Å². The molecule has 2 atom stereocenters. The first-order valence-corrected chi connectivity index (χ1v) is 5.53. The van der Waals surface area contributed by atoms with Crippen LogP contribution >= 0.6 is 0 Å². The Kier molecular flexibility index (Phi) is 3.32. The zero-order valence-electron chi connectivity index (χ0n) is 9.42. The van der Waals surface area contributed by atoms with Gasteiger partial charge in [0.15, 0.2) is 6.10 Å². The molecule has 17 heavy (non-hydrogen) atoms. The molecule has 0 aromatic carbocycles. The topological polar surface area (TPSA) is 102 Å². The highest BCUT2D eigenvalue weighted by Gasteiger charge is 2.44. The molecule has 96 valence electrons. The van der Waals surface area contributed by atoms with Crippen molar-refractivity contribution in [1.29, 1.82) is 0 Å². The van der Waals surface area contributed by atoms with Gasteiger partial charge in [-0.1, -0.05) is 0 Å². The van der Waals surface area contributed by atoms with Crippen molar-refractivity contribution in [2.75, 3.05) is 32.9 Å². The van der Waals surface area contributed by atoms with Gasteiger partial charge < -0.3 is 25.2 Å². The molecule has 2 heterocycles. The van der Waals surface area contributed by atoms with E-state index in [0.29, 0.717) is 19.8 Å². The first-order valence-electron chi connectivity index (χ1n) is 5.53. The molecule has 2 unspecified atom stereocenters. The average molecular weight is 244 g/mol. The number of carbonyl (C=O) groups is 2. The summed E-state index contributed by atoms with van der Waals surface area (Å²) in [6, 6.07) is 0. The molecule has 7 heteroatoms. The highest BCUT2D eigenvalue weighted by molar-refractivity contribution is 5.85. The minimum absolute atomic E-state index is 0.0288. The second-order valence-corrected chi connectivity index (χ2v) is 4.41. The lowest BCUT2D eigenvalue weighted by Crippen LogP contribution is -2.52. The van der Waals surface area contributed by atoms with E-state index < -0.39 is 17.6 Å². The molecule has 0 saturated carbocycles. The zero-order chi connectivity index (χ0) is 12.5. The van der Waals surface area contributed by atoms with Crippen LogP contribution in [-0.4, -0.2) is 66.4 Å². The smallest absolute Gasteiger partial charge is 0.325 e. The van der Waals surface area contributed by atoms with E-state index in [0.717, 1.165) is 0 Å². The Morgan fingerprint density at radius 3 is 2.71 bits per heavy atom. The van der Waals surface area contributed by atoms with Crippen molar-refractivity contribution in [2.45, 2.75) is 18.1 Å². The summed E-state index contributed by atoms with van der Waals surface area (Å²) in [5.74, 6) is -1.31. The Morgan fingerprint density at radius 1 is 1.41 bits per heavy atom. The summed E-state index contributed by atoms with van der Waals surface area (Å²) in [6.45, 7) is 1.47. The third kappa shape index (κ3) is 2.41. The van der Waals surface area contributed by atoms with E-state index in [1.807, 2.05) is 0 Å². The number of aliphatic carboxylic acids is 1. The number of hydrogen-bond donors (Lipinski definition) is 2. The van der Waals surface area contributed by atoms with Crippen LogP contribution in [0.15, 0.2) is 0 Å². The largest absolute Gasteiger partial charge is 0.480 e. The number of nitrogens with two attached hydrogens (primary N) is 1. The molecular weight excluding hydrogens is 228 g/mol. The van der Waals surface area contributed by atoms with Crippen molar-refractivity contribution in [3.63, 3.8) is 0 Å². The summed E-state index contributed by atoms with van der Waals surface area (Å²) in [5, 5.41) is 8.96. The average Bonchev–Trinajstić information content (AvgIpc) is 2.74. The summed E-state index contributed by atoms with van der Waals surface area (Å²) in [4.78, 5) is 24.4. The highest BCUT2D eigenvalue weighted by atomic mass is 16.6. The van der Waals surface area contributed by atoms with Crippen molar-refractivity contribution < 1.29 is 24.2 Å². The van der Waals surface area contributed by atoms with Gasteiger partial charge in [0.1, 0.15) is 5.54 Å². The SMILES string of the molecule is NC1(C(=O)O)CCN(C(=O)C2COCCO2)C1. The van der Waals surface area contributed by atoms with Gasteiger partial charge in [0.25, 0.3) is 5.91 Å². The van der Waals surface area contributed by atoms with Crippen LogP contribution in [0.3, 0.4) is 0 Å². The maximum atomic E-state index is 12.0. The second kappa shape index (κ2) is 4.59. The van der Waals surface area contributed by atoms with E-state index in [-0.39, 0.29) is 25.5 Å². The van der Waals surface area contributed by atoms with Crippen molar-refractivity contribution in [2.24, 2.45) is 5.73 Å². The minimum Gasteiger partial charge on any atom is -0.480 e. The third-order valence-electron chi connectivity index (χ3n) is 3.13. The Balaban J connectivity index is 1.95. The van der Waals surface area contributed by atoms with E-state index in [2.05, 4.69) is 0 Å².